The largest absolute Gasteiger partial charge is 0.299 e. The quantitative estimate of drug-likeness (QED) is 0.763. The average Bonchev–Trinajstić information content (AvgIpc) is 2.69. The first-order chi connectivity index (χ1) is 6.86. The van der Waals surface area contributed by atoms with Crippen molar-refractivity contribution in [3.63, 3.8) is 0 Å². The Hall–Kier alpha value is -1.42. The Morgan fingerprint density at radius 1 is 1.43 bits per heavy atom. The lowest BCUT2D eigenvalue weighted by molar-refractivity contribution is 0.659. The number of hydrogen-bond acceptors (Lipinski definition) is 3. The molecule has 4 heteroatoms. The van der Waals surface area contributed by atoms with E-state index in [1.807, 2.05) is 11.4 Å². The van der Waals surface area contributed by atoms with Crippen LogP contribution in [0.4, 0.5) is 0 Å². The summed E-state index contributed by atoms with van der Waals surface area (Å²) in [7, 11) is 0. The fourth-order valence-electron chi connectivity index (χ4n) is 1.23. The van der Waals surface area contributed by atoms with Crippen LogP contribution in [0.3, 0.4) is 0 Å². The summed E-state index contributed by atoms with van der Waals surface area (Å²) in [5, 5.41) is 2.04. The van der Waals surface area contributed by atoms with Crippen LogP contribution in [-0.2, 0) is 13.0 Å². The molecule has 0 bridgehead atoms. The van der Waals surface area contributed by atoms with Crippen LogP contribution in [-0.4, -0.2) is 9.55 Å². The average molecular weight is 206 g/mol. The topological polar surface area (TPSA) is 34.9 Å². The van der Waals surface area contributed by atoms with Crippen molar-refractivity contribution in [2.75, 3.05) is 0 Å². The maximum Gasteiger partial charge on any atom is 0.253 e. The van der Waals surface area contributed by atoms with E-state index in [9.17, 15) is 4.79 Å². The Labute approximate surface area is 85.7 Å². The molecule has 0 atom stereocenters. The zero-order valence-electron chi connectivity index (χ0n) is 7.59. The number of rotatable bonds is 3. The van der Waals surface area contributed by atoms with Gasteiger partial charge in [-0.3, -0.25) is 9.36 Å². The molecule has 0 saturated heterocycles. The molecule has 2 aromatic heterocycles. The first-order valence-corrected chi connectivity index (χ1v) is 5.27. The van der Waals surface area contributed by atoms with E-state index >= 15 is 0 Å². The third kappa shape index (κ3) is 2.09. The highest BCUT2D eigenvalue weighted by molar-refractivity contribution is 7.09. The fraction of sp³-hybridized carbons (Fsp3) is 0.200. The number of aryl methyl sites for hydroxylation is 2. The minimum Gasteiger partial charge on any atom is -0.299 e. The lowest BCUT2D eigenvalue weighted by Gasteiger charge is -2.01. The Bertz CT molecular complexity index is 447. The number of hydrogen-bond donors (Lipinski definition) is 0. The second-order valence-corrected chi connectivity index (χ2v) is 3.97. The molecule has 0 amide bonds. The Balaban J connectivity index is 2.06. The van der Waals surface area contributed by atoms with Crippen LogP contribution >= 0.6 is 11.3 Å². The van der Waals surface area contributed by atoms with E-state index < -0.39 is 0 Å². The second-order valence-electron chi connectivity index (χ2n) is 2.94. The summed E-state index contributed by atoms with van der Waals surface area (Å²) in [5.74, 6) is 0. The molecule has 0 aliphatic carbocycles. The smallest absolute Gasteiger partial charge is 0.253 e. The van der Waals surface area contributed by atoms with Crippen molar-refractivity contribution in [1.82, 2.24) is 9.55 Å². The van der Waals surface area contributed by atoms with E-state index in [2.05, 4.69) is 11.1 Å². The highest BCUT2D eigenvalue weighted by Crippen LogP contribution is 2.09. The van der Waals surface area contributed by atoms with E-state index in [4.69, 9.17) is 0 Å². The third-order valence-corrected chi connectivity index (χ3v) is 2.91. The zero-order valence-corrected chi connectivity index (χ0v) is 8.41. The zero-order chi connectivity index (χ0) is 9.80. The van der Waals surface area contributed by atoms with Crippen LogP contribution in [0, 0.1) is 0 Å². The van der Waals surface area contributed by atoms with Gasteiger partial charge in [0.25, 0.3) is 5.56 Å². The normalized spacial score (nSPS) is 10.3. The minimum absolute atomic E-state index is 0.0107. The molecule has 2 aromatic rings. The van der Waals surface area contributed by atoms with Gasteiger partial charge >= 0.3 is 0 Å². The van der Waals surface area contributed by atoms with Crippen LogP contribution in [0.1, 0.15) is 4.88 Å². The van der Waals surface area contributed by atoms with Gasteiger partial charge in [-0.25, -0.2) is 4.98 Å². The standard InChI is InChI=1S/C10H10N2OS/c13-10-3-5-11-8-12(10)6-4-9-2-1-7-14-9/h1-3,5,7-8H,4,6H2. The van der Waals surface area contributed by atoms with Crippen molar-refractivity contribution in [2.24, 2.45) is 0 Å². The Morgan fingerprint density at radius 3 is 3.07 bits per heavy atom. The number of nitrogens with zero attached hydrogens (tertiary/aromatic N) is 2. The minimum atomic E-state index is 0.0107. The van der Waals surface area contributed by atoms with Gasteiger partial charge in [-0.1, -0.05) is 6.07 Å². The van der Waals surface area contributed by atoms with Gasteiger partial charge in [0.1, 0.15) is 0 Å². The summed E-state index contributed by atoms with van der Waals surface area (Å²) >= 11 is 1.71. The summed E-state index contributed by atoms with van der Waals surface area (Å²) in [5.41, 5.74) is 0.0107. The van der Waals surface area contributed by atoms with Crippen LogP contribution in [0.2, 0.25) is 0 Å². The molecule has 2 heterocycles. The van der Waals surface area contributed by atoms with Crippen molar-refractivity contribution < 1.29 is 0 Å². The van der Waals surface area contributed by atoms with Gasteiger partial charge in [0.05, 0.1) is 6.33 Å². The van der Waals surface area contributed by atoms with Crippen molar-refractivity contribution in [2.45, 2.75) is 13.0 Å². The molecule has 14 heavy (non-hydrogen) atoms. The van der Waals surface area contributed by atoms with Crippen LogP contribution in [0.25, 0.3) is 0 Å². The maximum atomic E-state index is 11.3. The molecule has 2 rings (SSSR count). The SMILES string of the molecule is O=c1ccncn1CCc1cccs1. The number of thiophene rings is 1. The first-order valence-electron chi connectivity index (χ1n) is 4.39. The summed E-state index contributed by atoms with van der Waals surface area (Å²) in [6.45, 7) is 0.702. The predicted octanol–water partition coefficient (Wildman–Crippen LogP) is 1.55. The molecule has 0 saturated carbocycles. The van der Waals surface area contributed by atoms with E-state index in [-0.39, 0.29) is 5.56 Å². The highest BCUT2D eigenvalue weighted by Gasteiger charge is 1.96. The monoisotopic (exact) mass is 206 g/mol. The van der Waals surface area contributed by atoms with Gasteiger partial charge in [0.2, 0.25) is 0 Å². The summed E-state index contributed by atoms with van der Waals surface area (Å²) in [6.07, 6.45) is 3.99. The fourth-order valence-corrected chi connectivity index (χ4v) is 1.93. The van der Waals surface area contributed by atoms with Gasteiger partial charge in [0, 0.05) is 23.7 Å². The van der Waals surface area contributed by atoms with Crippen molar-refractivity contribution in [3.05, 3.63) is 51.3 Å². The Kier molecular flexibility index (Phi) is 2.74. The lowest BCUT2D eigenvalue weighted by Crippen LogP contribution is -2.19. The molecule has 0 aliphatic heterocycles. The van der Waals surface area contributed by atoms with Gasteiger partial charge in [-0.15, -0.1) is 11.3 Å². The van der Waals surface area contributed by atoms with Crippen molar-refractivity contribution in [3.8, 4) is 0 Å². The first kappa shape index (κ1) is 9.15. The van der Waals surface area contributed by atoms with Gasteiger partial charge in [0.15, 0.2) is 0 Å². The van der Waals surface area contributed by atoms with Crippen molar-refractivity contribution in [1.29, 1.82) is 0 Å². The van der Waals surface area contributed by atoms with E-state index in [0.717, 1.165) is 6.42 Å². The molecule has 0 spiro atoms. The summed E-state index contributed by atoms with van der Waals surface area (Å²) in [6, 6.07) is 5.58. The van der Waals surface area contributed by atoms with E-state index in [1.165, 1.54) is 17.1 Å². The molecule has 0 unspecified atom stereocenters. The van der Waals surface area contributed by atoms with Crippen LogP contribution < -0.4 is 5.56 Å². The van der Waals surface area contributed by atoms with Crippen molar-refractivity contribution >= 4 is 11.3 Å². The molecule has 3 nitrogen and oxygen atoms in total. The van der Waals surface area contributed by atoms with E-state index in [0.29, 0.717) is 6.54 Å². The molecule has 0 N–H and O–H groups in total. The van der Waals surface area contributed by atoms with E-state index in [1.54, 1.807) is 22.2 Å². The number of aromatic nitrogens is 2. The van der Waals surface area contributed by atoms with Crippen LogP contribution in [0.5, 0.6) is 0 Å². The van der Waals surface area contributed by atoms with Gasteiger partial charge < -0.3 is 0 Å². The summed E-state index contributed by atoms with van der Waals surface area (Å²) < 4.78 is 1.62. The lowest BCUT2D eigenvalue weighted by atomic mass is 10.3. The molecular formula is C10H10N2OS. The molecular weight excluding hydrogens is 196 g/mol. The molecule has 0 fully saturated rings. The molecule has 0 aliphatic rings. The van der Waals surface area contributed by atoms with Gasteiger partial charge in [-0.05, 0) is 17.9 Å². The van der Waals surface area contributed by atoms with Crippen LogP contribution in [0.15, 0.2) is 40.9 Å². The second kappa shape index (κ2) is 4.19. The molecule has 72 valence electrons. The Morgan fingerprint density at radius 2 is 2.36 bits per heavy atom. The predicted molar refractivity (Wildman–Crippen MR) is 56.5 cm³/mol. The summed E-state index contributed by atoms with van der Waals surface area (Å²) in [4.78, 5) is 16.5. The molecule has 0 aromatic carbocycles. The highest BCUT2D eigenvalue weighted by atomic mass is 32.1. The maximum absolute atomic E-state index is 11.3. The van der Waals surface area contributed by atoms with Gasteiger partial charge in [-0.2, -0.15) is 0 Å². The molecule has 0 radical (unpaired) electrons. The third-order valence-electron chi connectivity index (χ3n) is 1.97.